The molecule has 1 fully saturated rings. The van der Waals surface area contributed by atoms with Gasteiger partial charge in [0.1, 0.15) is 0 Å². The van der Waals surface area contributed by atoms with Crippen LogP contribution < -0.4 is 5.73 Å². The maximum Gasteiger partial charge on any atom is 0.255 e. The minimum absolute atomic E-state index is 0. The highest BCUT2D eigenvalue weighted by Crippen LogP contribution is 2.21. The first-order chi connectivity index (χ1) is 9.20. The van der Waals surface area contributed by atoms with Gasteiger partial charge in [0.05, 0.1) is 5.56 Å². The number of halogens is 2. The van der Waals surface area contributed by atoms with Crippen molar-refractivity contribution in [3.05, 3.63) is 23.5 Å². The van der Waals surface area contributed by atoms with Crippen LogP contribution in [0.3, 0.4) is 0 Å². The second kappa shape index (κ2) is 7.06. The number of carbonyl (C=O) groups is 1. The predicted molar refractivity (Wildman–Crippen MR) is 86.2 cm³/mol. The number of nitrogens with zero attached hydrogens (tertiary/aromatic N) is 3. The maximum absolute atomic E-state index is 12.5. The summed E-state index contributed by atoms with van der Waals surface area (Å²) >= 11 is 0. The number of hydrogen-bond acceptors (Lipinski definition) is 4. The standard InChI is InChI=1S/C13H17N5O.2ClH/c1-8-11-5-9(7-15-12(11)17-16-8)13(19)18-4-2-3-10(18)6-14;;/h5,7,10H,2-4,6,14H2,1H3,(H,15,16,17);2*1H. The monoisotopic (exact) mass is 331 g/mol. The van der Waals surface area contributed by atoms with Crippen LogP contribution in [0.25, 0.3) is 11.0 Å². The molecule has 0 saturated carbocycles. The highest BCUT2D eigenvalue weighted by molar-refractivity contribution is 5.97. The highest BCUT2D eigenvalue weighted by Gasteiger charge is 2.28. The molecule has 1 saturated heterocycles. The molecule has 3 N–H and O–H groups in total. The molecule has 1 unspecified atom stereocenters. The van der Waals surface area contributed by atoms with Crippen LogP contribution in [-0.4, -0.2) is 45.1 Å². The number of hydrogen-bond donors (Lipinski definition) is 2. The predicted octanol–water partition coefficient (Wildman–Crippen LogP) is 1.67. The number of amides is 1. The molecule has 6 nitrogen and oxygen atoms in total. The smallest absolute Gasteiger partial charge is 0.255 e. The number of carbonyl (C=O) groups excluding carboxylic acids is 1. The Morgan fingerprint density at radius 1 is 1.52 bits per heavy atom. The van der Waals surface area contributed by atoms with E-state index in [9.17, 15) is 4.79 Å². The lowest BCUT2D eigenvalue weighted by molar-refractivity contribution is 0.0741. The van der Waals surface area contributed by atoms with Crippen molar-refractivity contribution in [3.63, 3.8) is 0 Å². The largest absolute Gasteiger partial charge is 0.334 e. The molecule has 1 amide bonds. The summed E-state index contributed by atoms with van der Waals surface area (Å²) in [5.41, 5.74) is 7.89. The number of rotatable bonds is 2. The summed E-state index contributed by atoms with van der Waals surface area (Å²) in [6, 6.07) is 2.02. The Kier molecular flexibility index (Phi) is 5.95. The topological polar surface area (TPSA) is 87.9 Å². The Morgan fingerprint density at radius 2 is 2.29 bits per heavy atom. The summed E-state index contributed by atoms with van der Waals surface area (Å²) in [5.74, 6) is 0.0166. The molecule has 2 aromatic heterocycles. The third-order valence-electron chi connectivity index (χ3n) is 3.76. The van der Waals surface area contributed by atoms with E-state index in [1.165, 1.54) is 0 Å². The molecule has 1 aliphatic rings. The SMILES string of the molecule is Cc1[nH]nc2ncc(C(=O)N3CCCC3CN)cc12.Cl.Cl. The van der Waals surface area contributed by atoms with Gasteiger partial charge in [0, 0.05) is 36.4 Å². The van der Waals surface area contributed by atoms with Crippen molar-refractivity contribution in [1.29, 1.82) is 0 Å². The van der Waals surface area contributed by atoms with E-state index >= 15 is 0 Å². The molecule has 0 bridgehead atoms. The zero-order chi connectivity index (χ0) is 13.4. The zero-order valence-corrected chi connectivity index (χ0v) is 13.3. The Morgan fingerprint density at radius 3 is 3.00 bits per heavy atom. The van der Waals surface area contributed by atoms with Crippen molar-refractivity contribution in [1.82, 2.24) is 20.1 Å². The van der Waals surface area contributed by atoms with Gasteiger partial charge in [0.15, 0.2) is 5.65 Å². The van der Waals surface area contributed by atoms with Gasteiger partial charge in [-0.15, -0.1) is 24.8 Å². The minimum atomic E-state index is 0. The molecule has 116 valence electrons. The molecule has 3 rings (SSSR count). The summed E-state index contributed by atoms with van der Waals surface area (Å²) in [4.78, 5) is 18.6. The summed E-state index contributed by atoms with van der Waals surface area (Å²) < 4.78 is 0. The van der Waals surface area contributed by atoms with Crippen LogP contribution in [0.2, 0.25) is 0 Å². The van der Waals surface area contributed by atoms with Gasteiger partial charge in [0.2, 0.25) is 0 Å². The Balaban J connectivity index is 0.00000110. The second-order valence-electron chi connectivity index (χ2n) is 4.97. The average Bonchev–Trinajstić information content (AvgIpc) is 3.04. The number of aromatic nitrogens is 3. The van der Waals surface area contributed by atoms with Crippen molar-refractivity contribution in [2.24, 2.45) is 5.73 Å². The lowest BCUT2D eigenvalue weighted by atomic mass is 10.1. The molecule has 0 aliphatic carbocycles. The van der Waals surface area contributed by atoms with Crippen LogP contribution in [0.4, 0.5) is 0 Å². The van der Waals surface area contributed by atoms with Crippen LogP contribution in [-0.2, 0) is 0 Å². The summed E-state index contributed by atoms with van der Waals surface area (Å²) in [6.07, 6.45) is 3.60. The Labute approximate surface area is 135 Å². The molecule has 2 aromatic rings. The van der Waals surface area contributed by atoms with E-state index in [-0.39, 0.29) is 36.8 Å². The maximum atomic E-state index is 12.5. The van der Waals surface area contributed by atoms with Gasteiger partial charge in [-0.1, -0.05) is 0 Å². The normalized spacial score (nSPS) is 17.4. The molecule has 0 radical (unpaired) electrons. The van der Waals surface area contributed by atoms with E-state index in [0.717, 1.165) is 30.5 Å². The van der Waals surface area contributed by atoms with Gasteiger partial charge in [-0.2, -0.15) is 5.10 Å². The lowest BCUT2D eigenvalue weighted by Crippen LogP contribution is -2.39. The minimum Gasteiger partial charge on any atom is -0.334 e. The molecule has 1 atom stereocenters. The fourth-order valence-corrected chi connectivity index (χ4v) is 2.65. The average molecular weight is 332 g/mol. The summed E-state index contributed by atoms with van der Waals surface area (Å²) in [6.45, 7) is 3.22. The first kappa shape index (κ1) is 17.7. The van der Waals surface area contributed by atoms with Crippen LogP contribution in [0.15, 0.2) is 12.3 Å². The molecule has 0 spiro atoms. The van der Waals surface area contributed by atoms with E-state index in [1.807, 2.05) is 17.9 Å². The number of likely N-dealkylation sites (tertiary alicyclic amines) is 1. The van der Waals surface area contributed by atoms with Gasteiger partial charge < -0.3 is 10.6 Å². The molecular formula is C13H19Cl2N5O. The number of pyridine rings is 1. The van der Waals surface area contributed by atoms with Gasteiger partial charge in [0.25, 0.3) is 5.91 Å². The zero-order valence-electron chi connectivity index (χ0n) is 11.7. The van der Waals surface area contributed by atoms with Gasteiger partial charge in [-0.05, 0) is 25.8 Å². The Hall–Kier alpha value is -1.37. The van der Waals surface area contributed by atoms with Crippen molar-refractivity contribution in [2.75, 3.05) is 13.1 Å². The number of aromatic amines is 1. The molecule has 0 aromatic carbocycles. The Bertz CT molecular complexity index is 630. The van der Waals surface area contributed by atoms with Crippen LogP contribution >= 0.6 is 24.8 Å². The van der Waals surface area contributed by atoms with Gasteiger partial charge >= 0.3 is 0 Å². The van der Waals surface area contributed by atoms with Crippen molar-refractivity contribution in [2.45, 2.75) is 25.8 Å². The van der Waals surface area contributed by atoms with Crippen molar-refractivity contribution < 1.29 is 4.79 Å². The van der Waals surface area contributed by atoms with E-state index in [0.29, 0.717) is 17.8 Å². The molecule has 1 aliphatic heterocycles. The van der Waals surface area contributed by atoms with E-state index in [2.05, 4.69) is 15.2 Å². The second-order valence-corrected chi connectivity index (χ2v) is 4.97. The van der Waals surface area contributed by atoms with Crippen LogP contribution in [0, 0.1) is 6.92 Å². The van der Waals surface area contributed by atoms with Crippen LogP contribution in [0.5, 0.6) is 0 Å². The number of nitrogens with one attached hydrogen (secondary N) is 1. The van der Waals surface area contributed by atoms with E-state index < -0.39 is 0 Å². The highest BCUT2D eigenvalue weighted by atomic mass is 35.5. The number of aryl methyl sites for hydroxylation is 1. The molecular weight excluding hydrogens is 313 g/mol. The van der Waals surface area contributed by atoms with Crippen LogP contribution in [0.1, 0.15) is 28.9 Å². The van der Waals surface area contributed by atoms with E-state index in [4.69, 9.17) is 5.73 Å². The quantitative estimate of drug-likeness (QED) is 0.876. The fourth-order valence-electron chi connectivity index (χ4n) is 2.65. The third kappa shape index (κ3) is 3.12. The molecule has 8 heteroatoms. The van der Waals surface area contributed by atoms with Crippen molar-refractivity contribution >= 4 is 41.8 Å². The lowest BCUT2D eigenvalue weighted by Gasteiger charge is -2.23. The fraction of sp³-hybridized carbons (Fsp3) is 0.462. The van der Waals surface area contributed by atoms with Gasteiger partial charge in [-0.25, -0.2) is 4.98 Å². The first-order valence-electron chi connectivity index (χ1n) is 6.52. The molecule has 3 heterocycles. The van der Waals surface area contributed by atoms with Crippen molar-refractivity contribution in [3.8, 4) is 0 Å². The third-order valence-corrected chi connectivity index (χ3v) is 3.76. The first-order valence-corrected chi connectivity index (χ1v) is 6.52. The summed E-state index contributed by atoms with van der Waals surface area (Å²) in [5, 5.41) is 7.84. The molecule has 21 heavy (non-hydrogen) atoms. The van der Waals surface area contributed by atoms with E-state index in [1.54, 1.807) is 6.20 Å². The number of nitrogens with two attached hydrogens (primary N) is 1. The number of fused-ring (bicyclic) bond motifs is 1. The van der Waals surface area contributed by atoms with Gasteiger partial charge in [-0.3, -0.25) is 9.89 Å². The summed E-state index contributed by atoms with van der Waals surface area (Å²) in [7, 11) is 0. The number of H-pyrrole nitrogens is 1.